The van der Waals surface area contributed by atoms with Crippen molar-refractivity contribution in [2.24, 2.45) is 0 Å². The van der Waals surface area contributed by atoms with Gasteiger partial charge in [0, 0.05) is 12.6 Å². The molecule has 0 spiro atoms. The molecule has 1 amide bonds. The molecule has 0 saturated heterocycles. The van der Waals surface area contributed by atoms with Gasteiger partial charge in [-0.1, -0.05) is 0 Å². The Morgan fingerprint density at radius 1 is 1.45 bits per heavy atom. The van der Waals surface area contributed by atoms with Gasteiger partial charge >= 0.3 is 6.09 Å². The van der Waals surface area contributed by atoms with E-state index in [2.05, 4.69) is 42.5 Å². The van der Waals surface area contributed by atoms with Crippen LogP contribution in [0.4, 0.5) is 4.79 Å². The second-order valence-electron chi connectivity index (χ2n) is 5.51. The zero-order valence-corrected chi connectivity index (χ0v) is 15.2. The van der Waals surface area contributed by atoms with E-state index < -0.39 is 11.7 Å². The van der Waals surface area contributed by atoms with Crippen LogP contribution in [0.1, 0.15) is 33.5 Å². The van der Waals surface area contributed by atoms with Gasteiger partial charge in [0.1, 0.15) is 11.4 Å². The summed E-state index contributed by atoms with van der Waals surface area (Å²) in [5.74, 6) is 0.813. The predicted molar refractivity (Wildman–Crippen MR) is 84.6 cm³/mol. The monoisotopic (exact) mass is 410 g/mol. The van der Waals surface area contributed by atoms with E-state index in [1.54, 1.807) is 0 Å². The smallest absolute Gasteiger partial charge is 0.407 e. The van der Waals surface area contributed by atoms with Gasteiger partial charge in [0.2, 0.25) is 0 Å². The topological polar surface area (TPSA) is 63.5 Å². The lowest BCUT2D eigenvalue weighted by Gasteiger charge is -2.22. The maximum absolute atomic E-state index is 11.6. The summed E-state index contributed by atoms with van der Waals surface area (Å²) in [6.07, 6.45) is -0.407. The van der Waals surface area contributed by atoms with E-state index in [-0.39, 0.29) is 6.04 Å². The summed E-state index contributed by atoms with van der Waals surface area (Å²) in [5.41, 5.74) is -0.482. The van der Waals surface area contributed by atoms with Crippen molar-refractivity contribution < 1.29 is 13.9 Å². The SMILES string of the molecule is CC(CNCc1cc(Br)c(Br)o1)NC(=O)OC(C)(C)C. The van der Waals surface area contributed by atoms with Crippen LogP contribution < -0.4 is 10.6 Å². The molecule has 0 fully saturated rings. The first-order chi connectivity index (χ1) is 9.17. The molecule has 20 heavy (non-hydrogen) atoms. The third kappa shape index (κ3) is 6.76. The van der Waals surface area contributed by atoms with Crippen LogP contribution in [0.15, 0.2) is 19.6 Å². The molecule has 7 heteroatoms. The Morgan fingerprint density at radius 2 is 2.10 bits per heavy atom. The molecule has 0 aliphatic heterocycles. The van der Waals surface area contributed by atoms with Gasteiger partial charge in [-0.2, -0.15) is 0 Å². The molecule has 1 unspecified atom stereocenters. The number of halogens is 2. The second-order valence-corrected chi connectivity index (χ2v) is 7.09. The Kier molecular flexibility index (Phi) is 6.54. The van der Waals surface area contributed by atoms with Crippen molar-refractivity contribution in [3.63, 3.8) is 0 Å². The number of furan rings is 1. The lowest BCUT2D eigenvalue weighted by molar-refractivity contribution is 0.0508. The van der Waals surface area contributed by atoms with Crippen molar-refractivity contribution in [2.45, 2.75) is 45.9 Å². The Bertz CT molecular complexity index is 435. The molecule has 0 aliphatic rings. The minimum absolute atomic E-state index is 0.0355. The molecule has 1 aromatic heterocycles. The first kappa shape index (κ1) is 17.5. The number of rotatable bonds is 5. The fraction of sp³-hybridized carbons (Fsp3) is 0.615. The van der Waals surface area contributed by atoms with Gasteiger partial charge in [-0.15, -0.1) is 0 Å². The molecule has 0 aromatic carbocycles. The summed E-state index contributed by atoms with van der Waals surface area (Å²) in [5, 5.41) is 5.97. The Labute approximate surface area is 136 Å². The molecule has 5 nitrogen and oxygen atoms in total. The van der Waals surface area contributed by atoms with Crippen molar-refractivity contribution >= 4 is 38.0 Å². The van der Waals surface area contributed by atoms with Crippen LogP contribution in [-0.2, 0) is 11.3 Å². The fourth-order valence-electron chi connectivity index (χ4n) is 1.45. The summed E-state index contributed by atoms with van der Waals surface area (Å²) < 4.78 is 12.2. The lowest BCUT2D eigenvalue weighted by atomic mass is 10.2. The number of alkyl carbamates (subject to hydrolysis) is 1. The van der Waals surface area contributed by atoms with E-state index in [1.807, 2.05) is 33.8 Å². The number of carbonyl (C=O) groups is 1. The molecule has 1 heterocycles. The van der Waals surface area contributed by atoms with E-state index in [0.29, 0.717) is 17.8 Å². The highest BCUT2D eigenvalue weighted by atomic mass is 79.9. The van der Waals surface area contributed by atoms with Crippen molar-refractivity contribution in [1.29, 1.82) is 0 Å². The number of hydrogen-bond donors (Lipinski definition) is 2. The Balaban J connectivity index is 2.26. The quantitative estimate of drug-likeness (QED) is 0.773. The van der Waals surface area contributed by atoms with Gasteiger partial charge in [-0.3, -0.25) is 0 Å². The van der Waals surface area contributed by atoms with Crippen LogP contribution in [0.5, 0.6) is 0 Å². The number of amides is 1. The van der Waals surface area contributed by atoms with Crippen LogP contribution >= 0.6 is 31.9 Å². The summed E-state index contributed by atoms with van der Waals surface area (Å²) in [6, 6.07) is 1.86. The molecule has 1 rings (SSSR count). The van der Waals surface area contributed by atoms with E-state index >= 15 is 0 Å². The van der Waals surface area contributed by atoms with Gasteiger partial charge in [0.15, 0.2) is 4.67 Å². The molecule has 0 bridgehead atoms. The third-order valence-electron chi connectivity index (χ3n) is 2.21. The predicted octanol–water partition coefficient (Wildman–Crippen LogP) is 3.81. The number of ether oxygens (including phenoxy) is 1. The van der Waals surface area contributed by atoms with Crippen LogP contribution in [0.3, 0.4) is 0 Å². The van der Waals surface area contributed by atoms with Gasteiger partial charge in [-0.25, -0.2) is 4.79 Å². The van der Waals surface area contributed by atoms with Gasteiger partial charge in [0.05, 0.1) is 11.0 Å². The zero-order valence-electron chi connectivity index (χ0n) is 12.0. The van der Waals surface area contributed by atoms with Crippen molar-refractivity contribution in [2.75, 3.05) is 6.54 Å². The molecule has 2 N–H and O–H groups in total. The first-order valence-electron chi connectivity index (χ1n) is 6.31. The zero-order chi connectivity index (χ0) is 15.3. The normalized spacial score (nSPS) is 13.1. The van der Waals surface area contributed by atoms with Crippen LogP contribution in [0, 0.1) is 0 Å². The van der Waals surface area contributed by atoms with Gasteiger partial charge < -0.3 is 19.8 Å². The maximum Gasteiger partial charge on any atom is 0.407 e. The fourth-order valence-corrected chi connectivity index (χ4v) is 2.11. The second kappa shape index (κ2) is 7.47. The summed E-state index contributed by atoms with van der Waals surface area (Å²) in [7, 11) is 0. The minimum Gasteiger partial charge on any atom is -0.452 e. The van der Waals surface area contributed by atoms with Gasteiger partial charge in [-0.05, 0) is 65.6 Å². The number of hydrogen-bond acceptors (Lipinski definition) is 4. The van der Waals surface area contributed by atoms with E-state index in [0.717, 1.165) is 10.2 Å². The largest absolute Gasteiger partial charge is 0.452 e. The van der Waals surface area contributed by atoms with Crippen molar-refractivity contribution in [3.05, 3.63) is 21.0 Å². The number of nitrogens with one attached hydrogen (secondary N) is 2. The highest BCUT2D eigenvalue weighted by molar-refractivity contribution is 9.13. The number of carbonyl (C=O) groups excluding carboxylic acids is 1. The molecular formula is C13H20Br2N2O3. The van der Waals surface area contributed by atoms with Crippen LogP contribution in [0.25, 0.3) is 0 Å². The highest BCUT2D eigenvalue weighted by Gasteiger charge is 2.17. The Morgan fingerprint density at radius 3 is 2.60 bits per heavy atom. The van der Waals surface area contributed by atoms with E-state index in [1.165, 1.54) is 0 Å². The molecule has 1 aromatic rings. The summed E-state index contributed by atoms with van der Waals surface area (Å²) in [4.78, 5) is 11.6. The van der Waals surface area contributed by atoms with E-state index in [4.69, 9.17) is 9.15 Å². The molecular weight excluding hydrogens is 392 g/mol. The first-order valence-corrected chi connectivity index (χ1v) is 7.90. The minimum atomic E-state index is -0.482. The van der Waals surface area contributed by atoms with Crippen LogP contribution in [0.2, 0.25) is 0 Å². The average molecular weight is 412 g/mol. The van der Waals surface area contributed by atoms with E-state index in [9.17, 15) is 4.79 Å². The molecule has 0 saturated carbocycles. The lowest BCUT2D eigenvalue weighted by Crippen LogP contribution is -2.42. The standard InChI is InChI=1S/C13H20Br2N2O3/c1-8(17-12(18)20-13(2,3)4)6-16-7-9-5-10(14)11(15)19-9/h5,8,16H,6-7H2,1-4H3,(H,17,18). The maximum atomic E-state index is 11.6. The van der Waals surface area contributed by atoms with Crippen molar-refractivity contribution in [1.82, 2.24) is 10.6 Å². The molecule has 0 radical (unpaired) electrons. The molecule has 114 valence electrons. The average Bonchev–Trinajstić information content (AvgIpc) is 2.55. The van der Waals surface area contributed by atoms with Crippen LogP contribution in [-0.4, -0.2) is 24.3 Å². The molecule has 1 atom stereocenters. The van der Waals surface area contributed by atoms with Crippen molar-refractivity contribution in [3.8, 4) is 0 Å². The molecule has 0 aliphatic carbocycles. The summed E-state index contributed by atoms with van der Waals surface area (Å²) >= 11 is 6.64. The summed E-state index contributed by atoms with van der Waals surface area (Å²) in [6.45, 7) is 8.62. The third-order valence-corrected chi connectivity index (χ3v) is 3.92. The van der Waals surface area contributed by atoms with Gasteiger partial charge in [0.25, 0.3) is 0 Å². The Hall–Kier alpha value is -0.530. The highest BCUT2D eigenvalue weighted by Crippen LogP contribution is 2.26.